The normalized spacial score (nSPS) is 14.0. The minimum atomic E-state index is -3.97. The van der Waals surface area contributed by atoms with Crippen molar-refractivity contribution >= 4 is 27.4 Å². The summed E-state index contributed by atoms with van der Waals surface area (Å²) in [5.74, 6) is -0.434. The zero-order valence-electron chi connectivity index (χ0n) is 15.6. The number of hydrogen-bond donors (Lipinski definition) is 2. The molecule has 1 saturated heterocycles. The summed E-state index contributed by atoms with van der Waals surface area (Å²) in [6.07, 6.45) is 2.01. The van der Waals surface area contributed by atoms with Crippen molar-refractivity contribution in [3.05, 3.63) is 42.0 Å². The van der Waals surface area contributed by atoms with Crippen LogP contribution in [-0.4, -0.2) is 46.8 Å². The van der Waals surface area contributed by atoms with Gasteiger partial charge in [-0.2, -0.15) is 0 Å². The minimum Gasteiger partial charge on any atom is -0.493 e. The number of carboxylic acids is 1. The van der Waals surface area contributed by atoms with Crippen molar-refractivity contribution in [2.45, 2.75) is 17.7 Å². The van der Waals surface area contributed by atoms with Crippen LogP contribution in [0.4, 0.5) is 11.4 Å². The van der Waals surface area contributed by atoms with Gasteiger partial charge in [-0.3, -0.25) is 4.72 Å². The van der Waals surface area contributed by atoms with E-state index >= 15 is 0 Å². The minimum absolute atomic E-state index is 0.00737. The first kappa shape index (κ1) is 19.8. The number of nitrogens with one attached hydrogen (secondary N) is 1. The van der Waals surface area contributed by atoms with Crippen LogP contribution in [-0.2, 0) is 10.0 Å². The second kappa shape index (κ2) is 7.97. The van der Waals surface area contributed by atoms with Crippen LogP contribution in [0.1, 0.15) is 23.2 Å². The number of carboxylic acid groups (broad SMARTS) is 1. The van der Waals surface area contributed by atoms with Crippen molar-refractivity contribution in [3.8, 4) is 11.5 Å². The Morgan fingerprint density at radius 1 is 1.04 bits per heavy atom. The smallest absolute Gasteiger partial charge is 0.335 e. The van der Waals surface area contributed by atoms with Crippen molar-refractivity contribution in [1.82, 2.24) is 0 Å². The highest BCUT2D eigenvalue weighted by Gasteiger charge is 2.23. The first-order valence-corrected chi connectivity index (χ1v) is 10.2. The molecule has 0 saturated carbocycles. The van der Waals surface area contributed by atoms with Crippen LogP contribution in [0.2, 0.25) is 0 Å². The lowest BCUT2D eigenvalue weighted by molar-refractivity contribution is 0.0697. The van der Waals surface area contributed by atoms with Crippen molar-refractivity contribution in [2.24, 2.45) is 0 Å². The number of benzene rings is 2. The Morgan fingerprint density at radius 2 is 1.71 bits per heavy atom. The Morgan fingerprint density at radius 3 is 2.32 bits per heavy atom. The summed E-state index contributed by atoms with van der Waals surface area (Å²) in [7, 11) is -1.09. The van der Waals surface area contributed by atoms with Gasteiger partial charge in [0.1, 0.15) is 0 Å². The van der Waals surface area contributed by atoms with Gasteiger partial charge >= 0.3 is 5.97 Å². The van der Waals surface area contributed by atoms with Crippen molar-refractivity contribution in [2.75, 3.05) is 36.9 Å². The second-order valence-electron chi connectivity index (χ2n) is 6.35. The predicted octanol–water partition coefficient (Wildman–Crippen LogP) is 2.80. The number of ether oxygens (including phenoxy) is 2. The molecule has 0 aliphatic carbocycles. The van der Waals surface area contributed by atoms with Gasteiger partial charge in [0.2, 0.25) is 0 Å². The number of aromatic carboxylic acids is 1. The SMILES string of the molecule is COc1ccc(S(=O)(=O)Nc2cc(C(=O)O)ccc2N2CCCC2)cc1OC. The van der Waals surface area contributed by atoms with E-state index < -0.39 is 16.0 Å². The largest absolute Gasteiger partial charge is 0.493 e. The van der Waals surface area contributed by atoms with Crippen LogP contribution < -0.4 is 19.1 Å². The van der Waals surface area contributed by atoms with E-state index in [-0.39, 0.29) is 21.9 Å². The molecule has 2 aromatic carbocycles. The molecular weight excluding hydrogens is 384 g/mol. The first-order chi connectivity index (χ1) is 13.4. The van der Waals surface area contributed by atoms with Gasteiger partial charge in [-0.05, 0) is 43.2 Å². The molecule has 1 aliphatic heterocycles. The Kier molecular flexibility index (Phi) is 5.64. The molecule has 28 heavy (non-hydrogen) atoms. The Labute approximate surface area is 163 Å². The molecule has 0 radical (unpaired) electrons. The van der Waals surface area contributed by atoms with Crippen molar-refractivity contribution < 1.29 is 27.8 Å². The Bertz CT molecular complexity index is 984. The third kappa shape index (κ3) is 3.99. The fourth-order valence-corrected chi connectivity index (χ4v) is 4.25. The first-order valence-electron chi connectivity index (χ1n) is 8.73. The molecule has 0 bridgehead atoms. The average molecular weight is 406 g/mol. The van der Waals surface area contributed by atoms with Crippen LogP contribution in [0.25, 0.3) is 0 Å². The number of sulfonamides is 1. The van der Waals surface area contributed by atoms with Crippen molar-refractivity contribution in [1.29, 1.82) is 0 Å². The maximum Gasteiger partial charge on any atom is 0.335 e. The van der Waals surface area contributed by atoms with Gasteiger partial charge in [0.05, 0.1) is 36.1 Å². The highest BCUT2D eigenvalue weighted by Crippen LogP contribution is 2.34. The molecule has 150 valence electrons. The van der Waals surface area contributed by atoms with Gasteiger partial charge in [0.25, 0.3) is 10.0 Å². The summed E-state index contributed by atoms with van der Waals surface area (Å²) in [5.41, 5.74) is 0.899. The molecule has 1 heterocycles. The molecule has 3 rings (SSSR count). The molecule has 0 amide bonds. The Hall–Kier alpha value is -2.94. The number of methoxy groups -OCH3 is 2. The van der Waals surface area contributed by atoms with E-state index in [0.29, 0.717) is 11.4 Å². The second-order valence-corrected chi connectivity index (χ2v) is 8.04. The number of nitrogens with zero attached hydrogens (tertiary/aromatic N) is 1. The van der Waals surface area contributed by atoms with E-state index in [0.717, 1.165) is 25.9 Å². The lowest BCUT2D eigenvalue weighted by Gasteiger charge is -2.22. The molecule has 2 N–H and O–H groups in total. The van der Waals surface area contributed by atoms with Gasteiger partial charge < -0.3 is 19.5 Å². The molecular formula is C19H22N2O6S. The molecule has 0 atom stereocenters. The van der Waals surface area contributed by atoms with Gasteiger partial charge in [-0.1, -0.05) is 0 Å². The zero-order chi connectivity index (χ0) is 20.3. The monoisotopic (exact) mass is 406 g/mol. The third-order valence-electron chi connectivity index (χ3n) is 4.60. The maximum atomic E-state index is 12.9. The maximum absolute atomic E-state index is 12.9. The summed E-state index contributed by atoms with van der Waals surface area (Å²) in [6.45, 7) is 1.58. The van der Waals surface area contributed by atoms with Gasteiger partial charge in [-0.15, -0.1) is 0 Å². The molecule has 2 aromatic rings. The van der Waals surface area contributed by atoms with Crippen LogP contribution >= 0.6 is 0 Å². The standard InChI is InChI=1S/C19H22N2O6S/c1-26-17-8-6-14(12-18(17)27-2)28(24,25)20-15-11-13(19(22)23)5-7-16(15)21-9-3-4-10-21/h5-8,11-12,20H,3-4,9-10H2,1-2H3,(H,22,23). The number of hydrogen-bond acceptors (Lipinski definition) is 6. The number of rotatable bonds is 7. The molecule has 8 nitrogen and oxygen atoms in total. The Balaban J connectivity index is 2.01. The molecule has 0 unspecified atom stereocenters. The van der Waals surface area contributed by atoms with Crippen molar-refractivity contribution in [3.63, 3.8) is 0 Å². The fraction of sp³-hybridized carbons (Fsp3) is 0.316. The van der Waals surface area contributed by atoms with E-state index in [1.54, 1.807) is 6.07 Å². The fourth-order valence-electron chi connectivity index (χ4n) is 3.17. The van der Waals surface area contributed by atoms with Crippen LogP contribution in [0.3, 0.4) is 0 Å². The molecule has 0 aromatic heterocycles. The van der Waals surface area contributed by atoms with E-state index in [9.17, 15) is 18.3 Å². The summed E-state index contributed by atoms with van der Waals surface area (Å²) in [5, 5.41) is 9.29. The lowest BCUT2D eigenvalue weighted by Crippen LogP contribution is -2.22. The quantitative estimate of drug-likeness (QED) is 0.728. The lowest BCUT2D eigenvalue weighted by atomic mass is 10.1. The summed E-state index contributed by atoms with van der Waals surface area (Å²) < 4.78 is 38.7. The summed E-state index contributed by atoms with van der Waals surface area (Å²) in [6, 6.07) is 8.72. The third-order valence-corrected chi connectivity index (χ3v) is 5.96. The summed E-state index contributed by atoms with van der Waals surface area (Å²) >= 11 is 0. The predicted molar refractivity (Wildman–Crippen MR) is 105 cm³/mol. The van der Waals surface area contributed by atoms with Gasteiger partial charge in [0.15, 0.2) is 11.5 Å². The number of anilines is 2. The summed E-state index contributed by atoms with van der Waals surface area (Å²) in [4.78, 5) is 13.4. The van der Waals surface area contributed by atoms with E-state index in [4.69, 9.17) is 9.47 Å². The van der Waals surface area contributed by atoms with Crippen LogP contribution in [0.5, 0.6) is 11.5 Å². The molecule has 1 fully saturated rings. The molecule has 0 spiro atoms. The van der Waals surface area contributed by atoms with Crippen LogP contribution in [0, 0.1) is 0 Å². The highest BCUT2D eigenvalue weighted by molar-refractivity contribution is 7.92. The number of carbonyl (C=O) groups is 1. The van der Waals surface area contributed by atoms with Gasteiger partial charge in [-0.25, -0.2) is 13.2 Å². The molecule has 1 aliphatic rings. The van der Waals surface area contributed by atoms with E-state index in [1.165, 1.54) is 44.6 Å². The zero-order valence-corrected chi connectivity index (χ0v) is 16.5. The highest BCUT2D eigenvalue weighted by atomic mass is 32.2. The topological polar surface area (TPSA) is 105 Å². The van der Waals surface area contributed by atoms with Gasteiger partial charge in [0, 0.05) is 19.2 Å². The molecule has 9 heteroatoms. The van der Waals surface area contributed by atoms with E-state index in [1.807, 2.05) is 4.90 Å². The average Bonchev–Trinajstić information content (AvgIpc) is 3.21. The van der Waals surface area contributed by atoms with Crippen LogP contribution in [0.15, 0.2) is 41.3 Å². The van der Waals surface area contributed by atoms with E-state index in [2.05, 4.69) is 4.72 Å².